The Morgan fingerprint density at radius 2 is 2.12 bits per heavy atom. The lowest BCUT2D eigenvalue weighted by Gasteiger charge is -2.12. The molecule has 0 aliphatic carbocycles. The van der Waals surface area contributed by atoms with Crippen molar-refractivity contribution in [1.82, 2.24) is 5.32 Å². The molecule has 1 atom stereocenters. The first-order chi connectivity index (χ1) is 8.24. The number of rotatable bonds is 5. The first-order valence-corrected chi connectivity index (χ1v) is 6.05. The number of furan rings is 1. The van der Waals surface area contributed by atoms with Gasteiger partial charge in [-0.2, -0.15) is 0 Å². The summed E-state index contributed by atoms with van der Waals surface area (Å²) >= 11 is 0. The summed E-state index contributed by atoms with van der Waals surface area (Å²) in [5.74, 6) is 1.04. The molecule has 0 fully saturated rings. The van der Waals surface area contributed by atoms with Gasteiger partial charge >= 0.3 is 0 Å². The maximum atomic E-state index is 5.34. The van der Waals surface area contributed by atoms with E-state index in [9.17, 15) is 0 Å². The molecule has 2 aromatic rings. The number of aryl methyl sites for hydroxylation is 1. The summed E-state index contributed by atoms with van der Waals surface area (Å²) in [5.41, 5.74) is 2.64. The van der Waals surface area contributed by atoms with E-state index in [1.54, 1.807) is 6.26 Å². The SMILES string of the molecule is Cc1cccc(CNC(C)Cc2ccco2)c1. The van der Waals surface area contributed by atoms with Gasteiger partial charge < -0.3 is 9.73 Å². The predicted octanol–water partition coefficient (Wildman–Crippen LogP) is 3.31. The van der Waals surface area contributed by atoms with Crippen molar-refractivity contribution in [2.24, 2.45) is 0 Å². The molecule has 1 N–H and O–H groups in total. The van der Waals surface area contributed by atoms with Gasteiger partial charge in [0.25, 0.3) is 0 Å². The lowest BCUT2D eigenvalue weighted by molar-refractivity contribution is 0.456. The van der Waals surface area contributed by atoms with Crippen molar-refractivity contribution >= 4 is 0 Å². The number of hydrogen-bond donors (Lipinski definition) is 1. The van der Waals surface area contributed by atoms with E-state index in [-0.39, 0.29) is 0 Å². The molecular formula is C15H19NO. The second kappa shape index (κ2) is 5.69. The average molecular weight is 229 g/mol. The van der Waals surface area contributed by atoms with Gasteiger partial charge in [0.15, 0.2) is 0 Å². The molecule has 0 amide bonds. The van der Waals surface area contributed by atoms with Gasteiger partial charge in [-0.1, -0.05) is 29.8 Å². The van der Waals surface area contributed by atoms with Gasteiger partial charge in [0.1, 0.15) is 5.76 Å². The summed E-state index contributed by atoms with van der Waals surface area (Å²) in [6.07, 6.45) is 2.65. The lowest BCUT2D eigenvalue weighted by Crippen LogP contribution is -2.27. The van der Waals surface area contributed by atoms with E-state index in [4.69, 9.17) is 4.42 Å². The van der Waals surface area contributed by atoms with E-state index < -0.39 is 0 Å². The molecule has 0 saturated heterocycles. The van der Waals surface area contributed by atoms with Gasteiger partial charge in [-0.3, -0.25) is 0 Å². The second-order valence-electron chi connectivity index (χ2n) is 4.55. The first kappa shape index (κ1) is 11.9. The molecule has 0 saturated carbocycles. The molecule has 2 nitrogen and oxygen atoms in total. The van der Waals surface area contributed by atoms with Crippen LogP contribution in [0.5, 0.6) is 0 Å². The van der Waals surface area contributed by atoms with Crippen molar-refractivity contribution in [3.05, 3.63) is 59.5 Å². The Morgan fingerprint density at radius 1 is 1.24 bits per heavy atom. The van der Waals surface area contributed by atoms with Crippen molar-refractivity contribution < 1.29 is 4.42 Å². The van der Waals surface area contributed by atoms with E-state index in [0.717, 1.165) is 18.7 Å². The fraction of sp³-hybridized carbons (Fsp3) is 0.333. The summed E-state index contributed by atoms with van der Waals surface area (Å²) in [6.45, 7) is 5.21. The largest absolute Gasteiger partial charge is 0.469 e. The van der Waals surface area contributed by atoms with Crippen molar-refractivity contribution in [3.63, 3.8) is 0 Å². The molecule has 1 aromatic carbocycles. The van der Waals surface area contributed by atoms with Gasteiger partial charge in [0.05, 0.1) is 6.26 Å². The average Bonchev–Trinajstić information content (AvgIpc) is 2.79. The fourth-order valence-corrected chi connectivity index (χ4v) is 1.92. The number of benzene rings is 1. The normalized spacial score (nSPS) is 12.6. The Morgan fingerprint density at radius 3 is 2.82 bits per heavy atom. The monoisotopic (exact) mass is 229 g/mol. The molecule has 1 heterocycles. The quantitative estimate of drug-likeness (QED) is 0.851. The molecule has 0 aliphatic heterocycles. The van der Waals surface area contributed by atoms with E-state index in [1.807, 2.05) is 12.1 Å². The Bertz CT molecular complexity index is 448. The highest BCUT2D eigenvalue weighted by Gasteiger charge is 2.04. The van der Waals surface area contributed by atoms with Crippen LogP contribution in [0.4, 0.5) is 0 Å². The van der Waals surface area contributed by atoms with Crippen LogP contribution in [-0.4, -0.2) is 6.04 Å². The Kier molecular flexibility index (Phi) is 3.99. The molecule has 1 aromatic heterocycles. The molecule has 0 aliphatic rings. The lowest BCUT2D eigenvalue weighted by atomic mass is 10.1. The summed E-state index contributed by atoms with van der Waals surface area (Å²) in [7, 11) is 0. The van der Waals surface area contributed by atoms with Crippen molar-refractivity contribution in [1.29, 1.82) is 0 Å². The second-order valence-corrected chi connectivity index (χ2v) is 4.55. The highest BCUT2D eigenvalue weighted by Crippen LogP contribution is 2.06. The Labute approximate surface area is 103 Å². The third-order valence-corrected chi connectivity index (χ3v) is 2.82. The topological polar surface area (TPSA) is 25.2 Å². The van der Waals surface area contributed by atoms with Gasteiger partial charge in [-0.05, 0) is 31.5 Å². The number of nitrogens with one attached hydrogen (secondary N) is 1. The zero-order valence-electron chi connectivity index (χ0n) is 10.4. The minimum Gasteiger partial charge on any atom is -0.469 e. The molecule has 2 heteroatoms. The Balaban J connectivity index is 1.82. The molecule has 0 bridgehead atoms. The van der Waals surface area contributed by atoms with Crippen LogP contribution in [0.1, 0.15) is 23.8 Å². The van der Waals surface area contributed by atoms with Crippen LogP contribution < -0.4 is 5.32 Å². The van der Waals surface area contributed by atoms with Gasteiger partial charge in [0.2, 0.25) is 0 Å². The summed E-state index contributed by atoms with van der Waals surface area (Å²) in [6, 6.07) is 13.0. The van der Waals surface area contributed by atoms with E-state index in [1.165, 1.54) is 11.1 Å². The minimum atomic E-state index is 0.418. The molecule has 0 spiro atoms. The van der Waals surface area contributed by atoms with Crippen LogP contribution in [0.25, 0.3) is 0 Å². The fourth-order valence-electron chi connectivity index (χ4n) is 1.92. The van der Waals surface area contributed by atoms with Crippen LogP contribution >= 0.6 is 0 Å². The van der Waals surface area contributed by atoms with E-state index >= 15 is 0 Å². The zero-order valence-corrected chi connectivity index (χ0v) is 10.4. The predicted molar refractivity (Wildman–Crippen MR) is 69.9 cm³/mol. The summed E-state index contributed by atoms with van der Waals surface area (Å²) < 4.78 is 5.34. The van der Waals surface area contributed by atoms with Gasteiger partial charge in [-0.25, -0.2) is 0 Å². The van der Waals surface area contributed by atoms with Crippen LogP contribution in [-0.2, 0) is 13.0 Å². The zero-order chi connectivity index (χ0) is 12.1. The van der Waals surface area contributed by atoms with Gasteiger partial charge in [0, 0.05) is 19.0 Å². The van der Waals surface area contributed by atoms with Crippen LogP contribution in [0.15, 0.2) is 47.1 Å². The molecule has 2 rings (SSSR count). The van der Waals surface area contributed by atoms with E-state index in [2.05, 4.69) is 43.4 Å². The van der Waals surface area contributed by atoms with Crippen molar-refractivity contribution in [2.75, 3.05) is 0 Å². The summed E-state index contributed by atoms with van der Waals surface area (Å²) in [5, 5.41) is 3.50. The maximum absolute atomic E-state index is 5.34. The van der Waals surface area contributed by atoms with Crippen molar-refractivity contribution in [2.45, 2.75) is 32.9 Å². The molecule has 90 valence electrons. The standard InChI is InChI=1S/C15H19NO/c1-12-5-3-6-14(9-12)11-16-13(2)10-15-7-4-8-17-15/h3-9,13,16H,10-11H2,1-2H3. The molecule has 0 radical (unpaired) electrons. The number of hydrogen-bond acceptors (Lipinski definition) is 2. The van der Waals surface area contributed by atoms with Crippen LogP contribution in [0.2, 0.25) is 0 Å². The first-order valence-electron chi connectivity index (χ1n) is 6.05. The molecular weight excluding hydrogens is 210 g/mol. The summed E-state index contributed by atoms with van der Waals surface area (Å²) in [4.78, 5) is 0. The smallest absolute Gasteiger partial charge is 0.105 e. The minimum absolute atomic E-state index is 0.418. The third-order valence-electron chi connectivity index (χ3n) is 2.82. The van der Waals surface area contributed by atoms with Crippen LogP contribution in [0, 0.1) is 6.92 Å². The van der Waals surface area contributed by atoms with Crippen LogP contribution in [0.3, 0.4) is 0 Å². The highest BCUT2D eigenvalue weighted by atomic mass is 16.3. The molecule has 1 unspecified atom stereocenters. The highest BCUT2D eigenvalue weighted by molar-refractivity contribution is 5.22. The maximum Gasteiger partial charge on any atom is 0.105 e. The van der Waals surface area contributed by atoms with Gasteiger partial charge in [-0.15, -0.1) is 0 Å². The molecule has 17 heavy (non-hydrogen) atoms. The Hall–Kier alpha value is -1.54. The third kappa shape index (κ3) is 3.75. The van der Waals surface area contributed by atoms with Crippen molar-refractivity contribution in [3.8, 4) is 0 Å². The van der Waals surface area contributed by atoms with E-state index in [0.29, 0.717) is 6.04 Å².